The molecule has 0 saturated carbocycles. The molecule has 0 atom stereocenters. The third-order valence-corrected chi connectivity index (χ3v) is 3.30. The van der Waals surface area contributed by atoms with Crippen LogP contribution in [0.25, 0.3) is 0 Å². The van der Waals surface area contributed by atoms with Crippen molar-refractivity contribution in [3.05, 3.63) is 59.2 Å². The van der Waals surface area contributed by atoms with Crippen molar-refractivity contribution < 1.29 is 19.4 Å². The van der Waals surface area contributed by atoms with Gasteiger partial charge in [-0.05, 0) is 35.4 Å². The van der Waals surface area contributed by atoms with Gasteiger partial charge in [0.1, 0.15) is 0 Å². The van der Waals surface area contributed by atoms with Crippen LogP contribution < -0.4 is 14.8 Å². The normalized spacial score (nSPS) is 12.4. The number of hydrogen-bond donors (Lipinski definition) is 2. The zero-order valence-electron chi connectivity index (χ0n) is 11.3. The number of ether oxygens (including phenoxy) is 2. The van der Waals surface area contributed by atoms with E-state index in [0.717, 1.165) is 22.6 Å². The molecule has 2 aromatic rings. The first-order valence-electron chi connectivity index (χ1n) is 6.64. The van der Waals surface area contributed by atoms with Gasteiger partial charge in [-0.25, -0.2) is 4.79 Å². The lowest BCUT2D eigenvalue weighted by molar-refractivity contribution is 0.0697. The van der Waals surface area contributed by atoms with Crippen molar-refractivity contribution >= 4 is 5.97 Å². The Kier molecular flexibility index (Phi) is 3.75. The minimum absolute atomic E-state index is 0.280. The van der Waals surface area contributed by atoms with Gasteiger partial charge in [-0.2, -0.15) is 0 Å². The van der Waals surface area contributed by atoms with E-state index in [1.165, 1.54) is 0 Å². The van der Waals surface area contributed by atoms with E-state index in [-0.39, 0.29) is 6.79 Å². The smallest absolute Gasteiger partial charge is 0.335 e. The Morgan fingerprint density at radius 2 is 1.67 bits per heavy atom. The fourth-order valence-electron chi connectivity index (χ4n) is 2.17. The van der Waals surface area contributed by atoms with Gasteiger partial charge in [0, 0.05) is 13.1 Å². The molecular formula is C16H15NO4. The Morgan fingerprint density at radius 3 is 2.43 bits per heavy atom. The standard InChI is InChI=1S/C16H15NO4/c18-16(19)13-4-1-11(2-5-13)8-17-9-12-3-6-14-15(7-12)21-10-20-14/h1-7,17H,8-10H2,(H,18,19). The summed E-state index contributed by atoms with van der Waals surface area (Å²) in [7, 11) is 0. The average Bonchev–Trinajstić information content (AvgIpc) is 2.95. The molecule has 108 valence electrons. The zero-order valence-corrected chi connectivity index (χ0v) is 11.3. The fourth-order valence-corrected chi connectivity index (χ4v) is 2.17. The molecule has 3 rings (SSSR count). The molecule has 0 aromatic heterocycles. The quantitative estimate of drug-likeness (QED) is 0.883. The monoisotopic (exact) mass is 285 g/mol. The van der Waals surface area contributed by atoms with Crippen LogP contribution in [0, 0.1) is 0 Å². The van der Waals surface area contributed by atoms with Crippen molar-refractivity contribution in [3.63, 3.8) is 0 Å². The lowest BCUT2D eigenvalue weighted by atomic mass is 10.1. The van der Waals surface area contributed by atoms with Crippen LogP contribution >= 0.6 is 0 Å². The number of benzene rings is 2. The molecule has 2 N–H and O–H groups in total. The number of carboxylic acids is 1. The molecule has 1 aliphatic heterocycles. The van der Waals surface area contributed by atoms with Gasteiger partial charge in [-0.1, -0.05) is 18.2 Å². The van der Waals surface area contributed by atoms with Crippen LogP contribution in [0.1, 0.15) is 21.5 Å². The Bertz CT molecular complexity index is 652. The van der Waals surface area contributed by atoms with Gasteiger partial charge in [0.25, 0.3) is 0 Å². The summed E-state index contributed by atoms with van der Waals surface area (Å²) in [5, 5.41) is 12.2. The van der Waals surface area contributed by atoms with Crippen molar-refractivity contribution in [3.8, 4) is 11.5 Å². The van der Waals surface area contributed by atoms with E-state index in [0.29, 0.717) is 18.7 Å². The van der Waals surface area contributed by atoms with Crippen LogP contribution in [0.5, 0.6) is 11.5 Å². The van der Waals surface area contributed by atoms with Gasteiger partial charge in [0.2, 0.25) is 6.79 Å². The Morgan fingerprint density at radius 1 is 1.00 bits per heavy atom. The number of carbonyl (C=O) groups is 1. The van der Waals surface area contributed by atoms with Gasteiger partial charge in [-0.3, -0.25) is 0 Å². The Labute approximate surface area is 122 Å². The summed E-state index contributed by atoms with van der Waals surface area (Å²) in [6, 6.07) is 12.7. The van der Waals surface area contributed by atoms with Crippen LogP contribution in [-0.4, -0.2) is 17.9 Å². The first kappa shape index (κ1) is 13.5. The highest BCUT2D eigenvalue weighted by molar-refractivity contribution is 5.87. The average molecular weight is 285 g/mol. The molecule has 0 fully saturated rings. The summed E-state index contributed by atoms with van der Waals surface area (Å²) in [4.78, 5) is 10.8. The molecule has 0 spiro atoms. The molecule has 5 heteroatoms. The van der Waals surface area contributed by atoms with Gasteiger partial charge < -0.3 is 19.9 Å². The van der Waals surface area contributed by atoms with Crippen molar-refractivity contribution in [2.45, 2.75) is 13.1 Å². The molecule has 0 bridgehead atoms. The molecule has 21 heavy (non-hydrogen) atoms. The maximum absolute atomic E-state index is 10.8. The number of aromatic carboxylic acids is 1. The van der Waals surface area contributed by atoms with E-state index in [4.69, 9.17) is 14.6 Å². The molecule has 0 saturated heterocycles. The number of nitrogens with one attached hydrogen (secondary N) is 1. The second-order valence-corrected chi connectivity index (χ2v) is 4.79. The molecule has 0 radical (unpaired) electrons. The predicted octanol–water partition coefficient (Wildman–Crippen LogP) is 2.40. The molecule has 0 aliphatic carbocycles. The topological polar surface area (TPSA) is 67.8 Å². The molecular weight excluding hydrogens is 270 g/mol. The Balaban J connectivity index is 1.55. The largest absolute Gasteiger partial charge is 0.478 e. The third-order valence-electron chi connectivity index (χ3n) is 3.30. The molecule has 1 aliphatic rings. The summed E-state index contributed by atoms with van der Waals surface area (Å²) < 4.78 is 10.6. The van der Waals surface area contributed by atoms with Crippen LogP contribution in [0.2, 0.25) is 0 Å². The summed E-state index contributed by atoms with van der Waals surface area (Å²) in [6.45, 7) is 1.66. The number of rotatable bonds is 5. The van der Waals surface area contributed by atoms with E-state index < -0.39 is 5.97 Å². The lowest BCUT2D eigenvalue weighted by Crippen LogP contribution is -2.12. The van der Waals surface area contributed by atoms with Crippen LogP contribution in [-0.2, 0) is 13.1 Å². The molecule has 1 heterocycles. The minimum atomic E-state index is -0.908. The molecule has 0 unspecified atom stereocenters. The fraction of sp³-hybridized carbons (Fsp3) is 0.188. The van der Waals surface area contributed by atoms with Crippen molar-refractivity contribution in [2.75, 3.05) is 6.79 Å². The minimum Gasteiger partial charge on any atom is -0.478 e. The van der Waals surface area contributed by atoms with Gasteiger partial charge in [0.05, 0.1) is 5.56 Å². The second kappa shape index (κ2) is 5.85. The van der Waals surface area contributed by atoms with Crippen LogP contribution in [0.4, 0.5) is 0 Å². The highest BCUT2D eigenvalue weighted by Crippen LogP contribution is 2.32. The predicted molar refractivity (Wildman–Crippen MR) is 76.5 cm³/mol. The number of carboxylic acid groups (broad SMARTS) is 1. The lowest BCUT2D eigenvalue weighted by Gasteiger charge is -2.06. The van der Waals surface area contributed by atoms with Crippen LogP contribution in [0.15, 0.2) is 42.5 Å². The summed E-state index contributed by atoms with van der Waals surface area (Å²) >= 11 is 0. The van der Waals surface area contributed by atoms with E-state index in [9.17, 15) is 4.79 Å². The zero-order chi connectivity index (χ0) is 14.7. The van der Waals surface area contributed by atoms with E-state index in [1.807, 2.05) is 30.3 Å². The molecule has 5 nitrogen and oxygen atoms in total. The molecule has 2 aromatic carbocycles. The third kappa shape index (κ3) is 3.14. The first-order chi connectivity index (χ1) is 10.2. The van der Waals surface area contributed by atoms with Crippen molar-refractivity contribution in [1.82, 2.24) is 5.32 Å². The SMILES string of the molecule is O=C(O)c1ccc(CNCc2ccc3c(c2)OCO3)cc1. The van der Waals surface area contributed by atoms with Gasteiger partial charge in [0.15, 0.2) is 11.5 Å². The number of hydrogen-bond acceptors (Lipinski definition) is 4. The molecule has 0 amide bonds. The van der Waals surface area contributed by atoms with E-state index in [2.05, 4.69) is 5.32 Å². The summed E-state index contributed by atoms with van der Waals surface area (Å²) in [6.07, 6.45) is 0. The Hall–Kier alpha value is -2.53. The maximum atomic E-state index is 10.8. The van der Waals surface area contributed by atoms with Crippen molar-refractivity contribution in [2.24, 2.45) is 0 Å². The van der Waals surface area contributed by atoms with Crippen molar-refractivity contribution in [1.29, 1.82) is 0 Å². The van der Waals surface area contributed by atoms with Crippen LogP contribution in [0.3, 0.4) is 0 Å². The number of fused-ring (bicyclic) bond motifs is 1. The highest BCUT2D eigenvalue weighted by atomic mass is 16.7. The van der Waals surface area contributed by atoms with Gasteiger partial charge >= 0.3 is 5.97 Å². The second-order valence-electron chi connectivity index (χ2n) is 4.79. The first-order valence-corrected chi connectivity index (χ1v) is 6.64. The van der Waals surface area contributed by atoms with E-state index in [1.54, 1.807) is 12.1 Å². The maximum Gasteiger partial charge on any atom is 0.335 e. The summed E-state index contributed by atoms with van der Waals surface area (Å²) in [5.74, 6) is 0.651. The van der Waals surface area contributed by atoms with E-state index >= 15 is 0 Å². The van der Waals surface area contributed by atoms with Gasteiger partial charge in [-0.15, -0.1) is 0 Å². The highest BCUT2D eigenvalue weighted by Gasteiger charge is 2.12. The summed E-state index contributed by atoms with van der Waals surface area (Å²) in [5.41, 5.74) is 2.46.